The molecule has 2 N–H and O–H groups in total. The van der Waals surface area contributed by atoms with Crippen LogP contribution in [0, 0.1) is 19.8 Å². The van der Waals surface area contributed by atoms with Gasteiger partial charge >= 0.3 is 0 Å². The molecule has 0 aromatic carbocycles. The normalized spacial score (nSPS) is 22.6. The van der Waals surface area contributed by atoms with Crippen molar-refractivity contribution in [2.45, 2.75) is 65.8 Å². The Balaban J connectivity index is 1.87. The predicted molar refractivity (Wildman–Crippen MR) is 90.2 cm³/mol. The first-order valence-corrected chi connectivity index (χ1v) is 8.56. The van der Waals surface area contributed by atoms with Gasteiger partial charge < -0.3 is 15.2 Å². The summed E-state index contributed by atoms with van der Waals surface area (Å²) in [7, 11) is 0. The third-order valence-electron chi connectivity index (χ3n) is 4.51. The largest absolute Gasteiger partial charge is 0.361 e. The van der Waals surface area contributed by atoms with Crippen molar-refractivity contribution in [1.82, 2.24) is 15.8 Å². The maximum absolute atomic E-state index is 5.20. The van der Waals surface area contributed by atoms with Crippen LogP contribution in [-0.4, -0.2) is 30.2 Å². The molecule has 5 nitrogen and oxygen atoms in total. The van der Waals surface area contributed by atoms with E-state index in [0.717, 1.165) is 42.8 Å². The van der Waals surface area contributed by atoms with Crippen molar-refractivity contribution in [3.63, 3.8) is 0 Å². The smallest absolute Gasteiger partial charge is 0.191 e. The molecule has 1 aliphatic rings. The lowest BCUT2D eigenvalue weighted by Gasteiger charge is -2.28. The van der Waals surface area contributed by atoms with Crippen LogP contribution in [0.1, 0.15) is 56.5 Å². The molecule has 0 aliphatic heterocycles. The molecule has 1 aromatic heterocycles. The molecule has 0 amide bonds. The van der Waals surface area contributed by atoms with Gasteiger partial charge in [-0.25, -0.2) is 0 Å². The first kappa shape index (κ1) is 16.8. The molecule has 1 aromatic rings. The van der Waals surface area contributed by atoms with Crippen molar-refractivity contribution in [2.24, 2.45) is 10.9 Å². The summed E-state index contributed by atoms with van der Waals surface area (Å²) in [4.78, 5) is 4.71. The summed E-state index contributed by atoms with van der Waals surface area (Å²) in [5.41, 5.74) is 2.16. The van der Waals surface area contributed by atoms with Gasteiger partial charge in [0, 0.05) is 24.7 Å². The van der Waals surface area contributed by atoms with Crippen LogP contribution >= 0.6 is 0 Å². The lowest BCUT2D eigenvalue weighted by molar-refractivity contribution is 0.329. The maximum atomic E-state index is 5.20. The fourth-order valence-electron chi connectivity index (χ4n) is 3.06. The lowest BCUT2D eigenvalue weighted by atomic mass is 9.87. The van der Waals surface area contributed by atoms with E-state index < -0.39 is 0 Å². The van der Waals surface area contributed by atoms with Gasteiger partial charge in [0.1, 0.15) is 5.76 Å². The molecule has 0 atom stereocenters. The van der Waals surface area contributed by atoms with E-state index in [0.29, 0.717) is 6.04 Å². The average molecular weight is 306 g/mol. The van der Waals surface area contributed by atoms with Crippen LogP contribution in [-0.2, 0) is 6.42 Å². The Morgan fingerprint density at radius 1 is 1.27 bits per heavy atom. The highest BCUT2D eigenvalue weighted by Gasteiger charge is 2.18. The minimum Gasteiger partial charge on any atom is -0.361 e. The van der Waals surface area contributed by atoms with E-state index in [9.17, 15) is 0 Å². The van der Waals surface area contributed by atoms with Crippen molar-refractivity contribution in [3.05, 3.63) is 17.0 Å². The van der Waals surface area contributed by atoms with Gasteiger partial charge in [0.15, 0.2) is 5.96 Å². The van der Waals surface area contributed by atoms with Crippen molar-refractivity contribution >= 4 is 5.96 Å². The van der Waals surface area contributed by atoms with Crippen LogP contribution in [0.15, 0.2) is 9.52 Å². The molecule has 124 valence electrons. The van der Waals surface area contributed by atoms with Crippen molar-refractivity contribution < 1.29 is 4.52 Å². The summed E-state index contributed by atoms with van der Waals surface area (Å²) in [6, 6.07) is 0.563. The summed E-state index contributed by atoms with van der Waals surface area (Å²) in [6.45, 7) is 10.0. The Labute approximate surface area is 133 Å². The summed E-state index contributed by atoms with van der Waals surface area (Å²) < 4.78 is 5.20. The quantitative estimate of drug-likeness (QED) is 0.648. The number of rotatable bonds is 5. The van der Waals surface area contributed by atoms with Crippen molar-refractivity contribution in [3.8, 4) is 0 Å². The molecule has 0 unspecified atom stereocenters. The van der Waals surface area contributed by atoms with E-state index in [-0.39, 0.29) is 0 Å². The van der Waals surface area contributed by atoms with E-state index in [1.807, 2.05) is 13.8 Å². The fourth-order valence-corrected chi connectivity index (χ4v) is 3.06. The van der Waals surface area contributed by atoms with Gasteiger partial charge in [-0.1, -0.05) is 12.1 Å². The minimum atomic E-state index is 0.563. The summed E-state index contributed by atoms with van der Waals surface area (Å²) in [5.74, 6) is 2.72. The number of aromatic nitrogens is 1. The van der Waals surface area contributed by atoms with E-state index in [1.54, 1.807) is 0 Å². The summed E-state index contributed by atoms with van der Waals surface area (Å²) >= 11 is 0. The van der Waals surface area contributed by atoms with Crippen molar-refractivity contribution in [2.75, 3.05) is 13.1 Å². The third kappa shape index (κ3) is 4.75. The van der Waals surface area contributed by atoms with E-state index in [1.165, 1.54) is 31.2 Å². The molecule has 2 rings (SSSR count). The van der Waals surface area contributed by atoms with Crippen LogP contribution in [0.25, 0.3) is 0 Å². The van der Waals surface area contributed by atoms with Crippen LogP contribution in [0.2, 0.25) is 0 Å². The summed E-state index contributed by atoms with van der Waals surface area (Å²) in [5, 5.41) is 10.9. The van der Waals surface area contributed by atoms with Crippen LogP contribution in [0.3, 0.4) is 0 Å². The fraction of sp³-hybridized carbons (Fsp3) is 0.765. The van der Waals surface area contributed by atoms with E-state index in [2.05, 4.69) is 29.6 Å². The molecule has 0 saturated heterocycles. The molecule has 0 bridgehead atoms. The molecule has 1 fully saturated rings. The zero-order valence-electron chi connectivity index (χ0n) is 14.4. The average Bonchev–Trinajstić information content (AvgIpc) is 2.81. The molecular formula is C17H30N4O. The lowest BCUT2D eigenvalue weighted by Crippen LogP contribution is -2.44. The van der Waals surface area contributed by atoms with Crippen molar-refractivity contribution in [1.29, 1.82) is 0 Å². The topological polar surface area (TPSA) is 62.5 Å². The number of aryl methyl sites for hydroxylation is 2. The molecule has 0 radical (unpaired) electrons. The number of nitrogens with one attached hydrogen (secondary N) is 2. The van der Waals surface area contributed by atoms with Crippen LogP contribution in [0.5, 0.6) is 0 Å². The second kappa shape index (κ2) is 8.20. The molecule has 22 heavy (non-hydrogen) atoms. The number of hydrogen-bond acceptors (Lipinski definition) is 3. The van der Waals surface area contributed by atoms with E-state index >= 15 is 0 Å². The van der Waals surface area contributed by atoms with Gasteiger partial charge in [0.25, 0.3) is 0 Å². The van der Waals surface area contributed by atoms with Gasteiger partial charge in [0.2, 0.25) is 0 Å². The number of guanidine groups is 1. The molecule has 1 saturated carbocycles. The van der Waals surface area contributed by atoms with Gasteiger partial charge in [-0.15, -0.1) is 0 Å². The highest BCUT2D eigenvalue weighted by molar-refractivity contribution is 5.80. The first-order valence-electron chi connectivity index (χ1n) is 8.56. The van der Waals surface area contributed by atoms with E-state index in [4.69, 9.17) is 9.52 Å². The zero-order chi connectivity index (χ0) is 15.9. The highest BCUT2D eigenvalue weighted by atomic mass is 16.5. The van der Waals surface area contributed by atoms with Gasteiger partial charge in [-0.3, -0.25) is 4.99 Å². The second-order valence-corrected chi connectivity index (χ2v) is 6.41. The SMILES string of the molecule is CCNC(=NCCc1c(C)noc1C)NC1CCC(C)CC1. The predicted octanol–water partition coefficient (Wildman–Crippen LogP) is 2.97. The minimum absolute atomic E-state index is 0.563. The standard InChI is InChI=1S/C17H30N4O/c1-5-18-17(20-15-8-6-12(2)7-9-15)19-11-10-16-13(3)21-22-14(16)4/h12,15H,5-11H2,1-4H3,(H2,18,19,20). The Morgan fingerprint density at radius 3 is 2.59 bits per heavy atom. The van der Waals surface area contributed by atoms with Gasteiger partial charge in [-0.2, -0.15) is 0 Å². The summed E-state index contributed by atoms with van der Waals surface area (Å²) in [6.07, 6.45) is 6.00. The number of aliphatic imine (C=N–C) groups is 1. The van der Waals surface area contributed by atoms with Crippen LogP contribution in [0.4, 0.5) is 0 Å². The number of hydrogen-bond donors (Lipinski definition) is 2. The monoisotopic (exact) mass is 306 g/mol. The zero-order valence-corrected chi connectivity index (χ0v) is 14.4. The molecule has 5 heteroatoms. The Bertz CT molecular complexity index is 467. The molecular weight excluding hydrogens is 276 g/mol. The molecule has 0 spiro atoms. The number of nitrogens with zero attached hydrogens (tertiary/aromatic N) is 2. The Hall–Kier alpha value is -1.52. The Morgan fingerprint density at radius 2 is 2.00 bits per heavy atom. The molecule has 1 aliphatic carbocycles. The maximum Gasteiger partial charge on any atom is 0.191 e. The van der Waals surface area contributed by atoms with Gasteiger partial charge in [0.05, 0.1) is 5.69 Å². The molecule has 1 heterocycles. The highest BCUT2D eigenvalue weighted by Crippen LogP contribution is 2.23. The Kier molecular flexibility index (Phi) is 6.28. The third-order valence-corrected chi connectivity index (χ3v) is 4.51. The van der Waals surface area contributed by atoms with Crippen LogP contribution < -0.4 is 10.6 Å². The first-order chi connectivity index (χ1) is 10.6. The van der Waals surface area contributed by atoms with Gasteiger partial charge in [-0.05, 0) is 58.8 Å². The second-order valence-electron chi connectivity index (χ2n) is 6.41.